The number of halogens is 1. The average Bonchev–Trinajstić information content (AvgIpc) is 2.90. The molecule has 0 aliphatic heterocycles. The van der Waals surface area contributed by atoms with Gasteiger partial charge in [-0.2, -0.15) is 5.10 Å². The number of hydrogen-bond acceptors (Lipinski definition) is 3. The number of amides is 1. The second-order valence-electron chi connectivity index (χ2n) is 5.83. The van der Waals surface area contributed by atoms with Crippen LogP contribution in [0.25, 0.3) is 6.08 Å². The molecule has 0 saturated carbocycles. The fraction of sp³-hybridized carbons (Fsp3) is 0.353. The quantitative estimate of drug-likeness (QED) is 0.621. The van der Waals surface area contributed by atoms with Gasteiger partial charge in [0.05, 0.1) is 0 Å². The van der Waals surface area contributed by atoms with Gasteiger partial charge in [0.2, 0.25) is 5.91 Å². The second kappa shape index (κ2) is 8.01. The van der Waals surface area contributed by atoms with Crippen LogP contribution in [0.3, 0.4) is 0 Å². The zero-order chi connectivity index (χ0) is 17.7. The van der Waals surface area contributed by atoms with Gasteiger partial charge in [-0.1, -0.05) is 26.0 Å². The van der Waals surface area contributed by atoms with Gasteiger partial charge >= 0.3 is 0 Å². The van der Waals surface area contributed by atoms with Gasteiger partial charge in [0, 0.05) is 24.6 Å². The van der Waals surface area contributed by atoms with Crippen LogP contribution in [0.15, 0.2) is 29.8 Å². The van der Waals surface area contributed by atoms with Crippen molar-refractivity contribution in [3.8, 4) is 0 Å². The summed E-state index contributed by atoms with van der Waals surface area (Å²) >= 11 is 5.21. The SMILES string of the molecule is CC(=Cc1ccc(F)cc1)C(=O)NCCn1c(C(C)C)n[nH]c1=S. The van der Waals surface area contributed by atoms with Crippen LogP contribution < -0.4 is 5.32 Å². The number of carbonyl (C=O) groups is 1. The first-order chi connectivity index (χ1) is 11.4. The van der Waals surface area contributed by atoms with Crippen LogP contribution in [0.5, 0.6) is 0 Å². The van der Waals surface area contributed by atoms with Crippen LogP contribution in [0, 0.1) is 10.6 Å². The lowest BCUT2D eigenvalue weighted by Crippen LogP contribution is -2.28. The third kappa shape index (κ3) is 4.61. The lowest BCUT2D eigenvalue weighted by atomic mass is 10.1. The first-order valence-electron chi connectivity index (χ1n) is 7.75. The van der Waals surface area contributed by atoms with Crippen molar-refractivity contribution in [1.29, 1.82) is 0 Å². The Labute approximate surface area is 145 Å². The molecule has 1 aromatic heterocycles. The number of hydrogen-bond donors (Lipinski definition) is 2. The Hall–Kier alpha value is -2.28. The van der Waals surface area contributed by atoms with Crippen LogP contribution in [-0.4, -0.2) is 27.2 Å². The number of benzene rings is 1. The smallest absolute Gasteiger partial charge is 0.246 e. The summed E-state index contributed by atoms with van der Waals surface area (Å²) in [4.78, 5) is 12.1. The molecule has 2 aromatic rings. The Bertz CT molecular complexity index is 790. The summed E-state index contributed by atoms with van der Waals surface area (Å²) in [5.41, 5.74) is 1.34. The molecule has 1 heterocycles. The molecule has 24 heavy (non-hydrogen) atoms. The zero-order valence-corrected chi connectivity index (χ0v) is 14.8. The van der Waals surface area contributed by atoms with Gasteiger partial charge in [-0.3, -0.25) is 9.89 Å². The second-order valence-corrected chi connectivity index (χ2v) is 6.21. The van der Waals surface area contributed by atoms with Crippen molar-refractivity contribution in [2.75, 3.05) is 6.54 Å². The van der Waals surface area contributed by atoms with E-state index in [0.717, 1.165) is 11.4 Å². The molecule has 0 bridgehead atoms. The van der Waals surface area contributed by atoms with Crippen LogP contribution in [0.1, 0.15) is 38.1 Å². The van der Waals surface area contributed by atoms with Crippen molar-refractivity contribution in [3.63, 3.8) is 0 Å². The molecular formula is C17H21FN4OS. The molecule has 0 radical (unpaired) electrons. The Balaban J connectivity index is 1.95. The molecule has 2 rings (SSSR count). The van der Waals surface area contributed by atoms with Gasteiger partial charge in [-0.05, 0) is 42.9 Å². The lowest BCUT2D eigenvalue weighted by molar-refractivity contribution is -0.117. The van der Waals surface area contributed by atoms with Crippen molar-refractivity contribution in [2.45, 2.75) is 33.2 Å². The Morgan fingerprint density at radius 3 is 2.71 bits per heavy atom. The maximum absolute atomic E-state index is 12.9. The van der Waals surface area contributed by atoms with Crippen LogP contribution in [-0.2, 0) is 11.3 Å². The van der Waals surface area contributed by atoms with Crippen molar-refractivity contribution in [1.82, 2.24) is 20.1 Å². The van der Waals surface area contributed by atoms with Crippen molar-refractivity contribution in [2.24, 2.45) is 0 Å². The summed E-state index contributed by atoms with van der Waals surface area (Å²) in [5, 5.41) is 9.84. The van der Waals surface area contributed by atoms with E-state index in [1.165, 1.54) is 12.1 Å². The highest BCUT2D eigenvalue weighted by Crippen LogP contribution is 2.11. The number of carbonyl (C=O) groups excluding carboxylic acids is 1. The number of aromatic amines is 1. The minimum atomic E-state index is -0.299. The van der Waals surface area contributed by atoms with Gasteiger partial charge in [0.1, 0.15) is 11.6 Å². The number of H-pyrrole nitrogens is 1. The van der Waals surface area contributed by atoms with Gasteiger partial charge in [0.25, 0.3) is 0 Å². The van der Waals surface area contributed by atoms with Gasteiger partial charge in [0.15, 0.2) is 4.77 Å². The lowest BCUT2D eigenvalue weighted by Gasteiger charge is -2.10. The summed E-state index contributed by atoms with van der Waals surface area (Å²) in [7, 11) is 0. The van der Waals surface area contributed by atoms with E-state index in [1.54, 1.807) is 25.1 Å². The largest absolute Gasteiger partial charge is 0.351 e. The van der Waals surface area contributed by atoms with E-state index in [2.05, 4.69) is 15.5 Å². The maximum atomic E-state index is 12.9. The van der Waals surface area contributed by atoms with Crippen molar-refractivity contribution >= 4 is 24.2 Å². The van der Waals surface area contributed by atoms with E-state index in [0.29, 0.717) is 23.4 Å². The number of rotatable bonds is 6. The summed E-state index contributed by atoms with van der Waals surface area (Å²) in [6.07, 6.45) is 1.72. The predicted octanol–water partition coefficient (Wildman–Crippen LogP) is 3.42. The number of nitrogens with zero attached hydrogens (tertiary/aromatic N) is 2. The topological polar surface area (TPSA) is 62.7 Å². The fourth-order valence-corrected chi connectivity index (χ4v) is 2.51. The fourth-order valence-electron chi connectivity index (χ4n) is 2.28. The summed E-state index contributed by atoms with van der Waals surface area (Å²) < 4.78 is 15.3. The normalized spacial score (nSPS) is 11.8. The molecule has 0 aliphatic carbocycles. The van der Waals surface area contributed by atoms with Crippen molar-refractivity contribution < 1.29 is 9.18 Å². The molecule has 0 spiro atoms. The third-order valence-electron chi connectivity index (χ3n) is 3.54. The highest BCUT2D eigenvalue weighted by Gasteiger charge is 2.10. The maximum Gasteiger partial charge on any atom is 0.246 e. The monoisotopic (exact) mass is 348 g/mol. The van der Waals surface area contributed by atoms with E-state index >= 15 is 0 Å². The molecule has 1 amide bonds. The van der Waals surface area contributed by atoms with Crippen LogP contribution >= 0.6 is 12.2 Å². The first kappa shape index (κ1) is 18.1. The number of nitrogens with one attached hydrogen (secondary N) is 2. The van der Waals surface area contributed by atoms with Crippen LogP contribution in [0.4, 0.5) is 4.39 Å². The predicted molar refractivity (Wildman–Crippen MR) is 94.6 cm³/mol. The molecule has 0 fully saturated rings. The molecule has 0 atom stereocenters. The Kier molecular flexibility index (Phi) is 6.03. The van der Waals surface area contributed by atoms with E-state index < -0.39 is 0 Å². The van der Waals surface area contributed by atoms with E-state index in [1.807, 2.05) is 18.4 Å². The minimum absolute atomic E-state index is 0.166. The van der Waals surface area contributed by atoms with Crippen LogP contribution in [0.2, 0.25) is 0 Å². The Morgan fingerprint density at radius 1 is 1.42 bits per heavy atom. The molecule has 0 aliphatic rings. The molecule has 5 nitrogen and oxygen atoms in total. The molecule has 128 valence electrons. The molecule has 0 saturated heterocycles. The summed E-state index contributed by atoms with van der Waals surface area (Å²) in [5.74, 6) is 0.647. The summed E-state index contributed by atoms with van der Waals surface area (Å²) in [6, 6.07) is 5.99. The highest BCUT2D eigenvalue weighted by atomic mass is 32.1. The van der Waals surface area contributed by atoms with E-state index in [-0.39, 0.29) is 17.6 Å². The standard InChI is InChI=1S/C17H21FN4OS/c1-11(2)15-20-21-17(24)22(15)9-8-19-16(23)12(3)10-13-4-6-14(18)7-5-13/h4-7,10-11H,8-9H2,1-3H3,(H,19,23)(H,21,24). The molecule has 2 N–H and O–H groups in total. The first-order valence-corrected chi connectivity index (χ1v) is 8.16. The van der Waals surface area contributed by atoms with Gasteiger partial charge < -0.3 is 9.88 Å². The molecule has 7 heteroatoms. The third-order valence-corrected chi connectivity index (χ3v) is 3.85. The van der Waals surface area contributed by atoms with E-state index in [9.17, 15) is 9.18 Å². The zero-order valence-electron chi connectivity index (χ0n) is 14.0. The van der Waals surface area contributed by atoms with Gasteiger partial charge in [-0.15, -0.1) is 0 Å². The van der Waals surface area contributed by atoms with Crippen molar-refractivity contribution in [3.05, 3.63) is 51.8 Å². The molecule has 0 unspecified atom stereocenters. The average molecular weight is 348 g/mol. The number of aromatic nitrogens is 3. The van der Waals surface area contributed by atoms with Gasteiger partial charge in [-0.25, -0.2) is 4.39 Å². The summed E-state index contributed by atoms with van der Waals surface area (Å²) in [6.45, 7) is 6.80. The highest BCUT2D eigenvalue weighted by molar-refractivity contribution is 7.71. The Morgan fingerprint density at radius 2 is 2.08 bits per heavy atom. The van der Waals surface area contributed by atoms with E-state index in [4.69, 9.17) is 12.2 Å². The molecular weight excluding hydrogens is 327 g/mol. The molecule has 1 aromatic carbocycles. The minimum Gasteiger partial charge on any atom is -0.351 e.